The van der Waals surface area contributed by atoms with Gasteiger partial charge in [0.25, 0.3) is 0 Å². The second-order valence-electron chi connectivity index (χ2n) is 6.83. The Balaban J connectivity index is 1.40. The van der Waals surface area contributed by atoms with E-state index in [4.69, 9.17) is 9.47 Å². The van der Waals surface area contributed by atoms with Crippen LogP contribution in [0, 0.1) is 5.82 Å². The molecule has 1 N–H and O–H groups in total. The van der Waals surface area contributed by atoms with Crippen molar-refractivity contribution in [3.8, 4) is 17.2 Å². The van der Waals surface area contributed by atoms with Gasteiger partial charge in [0.2, 0.25) is 5.91 Å². The third kappa shape index (κ3) is 7.11. The van der Waals surface area contributed by atoms with Crippen LogP contribution in [0.25, 0.3) is 0 Å². The summed E-state index contributed by atoms with van der Waals surface area (Å²) >= 11 is 0. The Bertz CT molecular complexity index is 1130. The molecule has 3 aromatic rings. The number of nitrogens with one attached hydrogen (secondary N) is 1. The SMILES string of the molecule is CS(=O)(=O)c1ccc(OCCCC(=O)Nc2ccc(Oc3cccc(F)c3)cc2)cc1. The molecule has 0 fully saturated rings. The molecule has 0 aliphatic rings. The lowest BCUT2D eigenvalue weighted by Crippen LogP contribution is -2.12. The highest BCUT2D eigenvalue weighted by Gasteiger charge is 2.07. The van der Waals surface area contributed by atoms with Crippen LogP contribution in [-0.4, -0.2) is 27.2 Å². The van der Waals surface area contributed by atoms with Crippen molar-refractivity contribution in [3.05, 3.63) is 78.6 Å². The minimum Gasteiger partial charge on any atom is -0.494 e. The first-order valence-electron chi connectivity index (χ1n) is 9.56. The van der Waals surface area contributed by atoms with E-state index in [1.165, 1.54) is 24.3 Å². The number of amides is 1. The summed E-state index contributed by atoms with van der Waals surface area (Å²) in [6, 6.07) is 18.8. The molecule has 0 heterocycles. The monoisotopic (exact) mass is 443 g/mol. The highest BCUT2D eigenvalue weighted by atomic mass is 32.2. The molecule has 0 bridgehead atoms. The smallest absolute Gasteiger partial charge is 0.224 e. The molecule has 3 rings (SSSR count). The van der Waals surface area contributed by atoms with Gasteiger partial charge in [-0.25, -0.2) is 12.8 Å². The van der Waals surface area contributed by atoms with E-state index in [2.05, 4.69) is 5.32 Å². The first-order valence-corrected chi connectivity index (χ1v) is 11.4. The number of anilines is 1. The number of carbonyl (C=O) groups is 1. The predicted octanol–water partition coefficient (Wildman–Crippen LogP) is 4.82. The summed E-state index contributed by atoms with van der Waals surface area (Å²) in [4.78, 5) is 12.3. The summed E-state index contributed by atoms with van der Waals surface area (Å²) in [6.45, 7) is 0.325. The molecule has 0 atom stereocenters. The Kier molecular flexibility index (Phi) is 7.25. The summed E-state index contributed by atoms with van der Waals surface area (Å²) in [7, 11) is -3.24. The molecule has 6 nitrogen and oxygen atoms in total. The molecule has 0 unspecified atom stereocenters. The Morgan fingerprint density at radius 3 is 2.26 bits per heavy atom. The minimum atomic E-state index is -3.24. The van der Waals surface area contributed by atoms with Gasteiger partial charge in [-0.1, -0.05) is 6.07 Å². The predicted molar refractivity (Wildman–Crippen MR) is 116 cm³/mol. The number of hydrogen-bond donors (Lipinski definition) is 1. The van der Waals surface area contributed by atoms with Crippen molar-refractivity contribution in [1.82, 2.24) is 0 Å². The number of rotatable bonds is 9. The highest BCUT2D eigenvalue weighted by Crippen LogP contribution is 2.23. The summed E-state index contributed by atoms with van der Waals surface area (Å²) in [5.74, 6) is 0.925. The zero-order valence-electron chi connectivity index (χ0n) is 16.9. The number of benzene rings is 3. The van der Waals surface area contributed by atoms with E-state index >= 15 is 0 Å². The lowest BCUT2D eigenvalue weighted by Gasteiger charge is -2.09. The number of carbonyl (C=O) groups excluding carboxylic acids is 1. The molecule has 162 valence electrons. The van der Waals surface area contributed by atoms with Gasteiger partial charge in [-0.15, -0.1) is 0 Å². The van der Waals surface area contributed by atoms with Gasteiger partial charge in [-0.3, -0.25) is 4.79 Å². The van der Waals surface area contributed by atoms with Gasteiger partial charge >= 0.3 is 0 Å². The lowest BCUT2D eigenvalue weighted by molar-refractivity contribution is -0.116. The first kappa shape index (κ1) is 22.3. The van der Waals surface area contributed by atoms with Gasteiger partial charge in [0, 0.05) is 24.4 Å². The number of halogens is 1. The maximum Gasteiger partial charge on any atom is 0.224 e. The van der Waals surface area contributed by atoms with Crippen molar-refractivity contribution >= 4 is 21.4 Å². The minimum absolute atomic E-state index is 0.158. The lowest BCUT2D eigenvalue weighted by atomic mass is 10.2. The Morgan fingerprint density at radius 2 is 1.61 bits per heavy atom. The van der Waals surface area contributed by atoms with Crippen LogP contribution in [0.1, 0.15) is 12.8 Å². The zero-order valence-corrected chi connectivity index (χ0v) is 17.7. The van der Waals surface area contributed by atoms with Crippen LogP contribution in [0.3, 0.4) is 0 Å². The van der Waals surface area contributed by atoms with Gasteiger partial charge in [0.1, 0.15) is 23.1 Å². The van der Waals surface area contributed by atoms with E-state index in [0.29, 0.717) is 36.0 Å². The number of hydrogen-bond acceptors (Lipinski definition) is 5. The molecular weight excluding hydrogens is 421 g/mol. The van der Waals surface area contributed by atoms with Gasteiger partial charge in [-0.05, 0) is 67.1 Å². The molecule has 0 saturated carbocycles. The van der Waals surface area contributed by atoms with Crippen LogP contribution in [-0.2, 0) is 14.6 Å². The van der Waals surface area contributed by atoms with Crippen LogP contribution < -0.4 is 14.8 Å². The van der Waals surface area contributed by atoms with Crippen molar-refractivity contribution in [2.75, 3.05) is 18.2 Å². The van der Waals surface area contributed by atoms with E-state index in [1.54, 1.807) is 48.5 Å². The van der Waals surface area contributed by atoms with Crippen LogP contribution in [0.4, 0.5) is 10.1 Å². The molecule has 8 heteroatoms. The van der Waals surface area contributed by atoms with Crippen LogP contribution in [0.15, 0.2) is 77.7 Å². The second-order valence-corrected chi connectivity index (χ2v) is 8.84. The Hall–Kier alpha value is -3.39. The molecule has 0 aromatic heterocycles. The van der Waals surface area contributed by atoms with E-state index in [1.807, 2.05) is 0 Å². The molecule has 0 spiro atoms. The molecule has 1 amide bonds. The third-order valence-corrected chi connectivity index (χ3v) is 5.37. The van der Waals surface area contributed by atoms with E-state index in [9.17, 15) is 17.6 Å². The van der Waals surface area contributed by atoms with Gasteiger partial charge in [0.05, 0.1) is 11.5 Å². The average Bonchev–Trinajstić information content (AvgIpc) is 2.72. The molecule has 0 aliphatic heterocycles. The molecule has 31 heavy (non-hydrogen) atoms. The van der Waals surface area contributed by atoms with Crippen molar-refractivity contribution in [3.63, 3.8) is 0 Å². The van der Waals surface area contributed by atoms with Gasteiger partial charge in [-0.2, -0.15) is 0 Å². The Labute approximate surface area is 180 Å². The molecule has 0 saturated heterocycles. The Morgan fingerprint density at radius 1 is 0.935 bits per heavy atom. The second kappa shape index (κ2) is 10.1. The highest BCUT2D eigenvalue weighted by molar-refractivity contribution is 7.90. The van der Waals surface area contributed by atoms with Crippen molar-refractivity contribution in [2.24, 2.45) is 0 Å². The molecule has 0 radical (unpaired) electrons. The number of sulfone groups is 1. The van der Waals surface area contributed by atoms with E-state index < -0.39 is 9.84 Å². The van der Waals surface area contributed by atoms with Gasteiger partial charge in [0.15, 0.2) is 9.84 Å². The summed E-state index contributed by atoms with van der Waals surface area (Å²) in [5.41, 5.74) is 0.619. The number of ether oxygens (including phenoxy) is 2. The van der Waals surface area contributed by atoms with E-state index in [-0.39, 0.29) is 23.0 Å². The maximum absolute atomic E-state index is 13.2. The van der Waals surface area contributed by atoms with Gasteiger partial charge < -0.3 is 14.8 Å². The normalized spacial score (nSPS) is 11.0. The fourth-order valence-electron chi connectivity index (χ4n) is 2.70. The van der Waals surface area contributed by atoms with Crippen molar-refractivity contribution < 1.29 is 27.1 Å². The van der Waals surface area contributed by atoms with Crippen LogP contribution in [0.2, 0.25) is 0 Å². The summed E-state index contributed by atoms with van der Waals surface area (Å²) < 4.78 is 47.2. The fraction of sp³-hybridized carbons (Fsp3) is 0.174. The maximum atomic E-state index is 13.2. The quantitative estimate of drug-likeness (QED) is 0.480. The van der Waals surface area contributed by atoms with E-state index in [0.717, 1.165) is 6.26 Å². The van der Waals surface area contributed by atoms with Crippen molar-refractivity contribution in [2.45, 2.75) is 17.7 Å². The third-order valence-electron chi connectivity index (χ3n) is 4.24. The summed E-state index contributed by atoms with van der Waals surface area (Å²) in [6.07, 6.45) is 1.91. The average molecular weight is 443 g/mol. The first-order chi connectivity index (χ1) is 14.8. The topological polar surface area (TPSA) is 81.7 Å². The standard InChI is InChI=1S/C23H22FNO5S/c1-31(27,28)22-13-11-19(12-14-22)29-15-3-6-23(26)25-18-7-9-20(10-8-18)30-21-5-2-4-17(24)16-21/h2,4-5,7-14,16H,3,6,15H2,1H3,(H,25,26). The summed E-state index contributed by atoms with van der Waals surface area (Å²) in [5, 5.41) is 2.79. The molecule has 3 aromatic carbocycles. The van der Waals surface area contributed by atoms with Crippen LogP contribution in [0.5, 0.6) is 17.2 Å². The van der Waals surface area contributed by atoms with Crippen molar-refractivity contribution in [1.29, 1.82) is 0 Å². The fourth-order valence-corrected chi connectivity index (χ4v) is 3.33. The molecular formula is C23H22FNO5S. The van der Waals surface area contributed by atoms with Crippen LogP contribution >= 0.6 is 0 Å². The zero-order chi connectivity index (χ0) is 22.3. The molecule has 0 aliphatic carbocycles. The largest absolute Gasteiger partial charge is 0.494 e.